The Hall–Kier alpha value is -1.57. The number of hydrogen-bond donors (Lipinski definition) is 1. The summed E-state index contributed by atoms with van der Waals surface area (Å²) in [4.78, 5) is 12.2. The monoisotopic (exact) mass is 417 g/mol. The van der Waals surface area contributed by atoms with Crippen LogP contribution in [-0.2, 0) is 21.1 Å². The van der Waals surface area contributed by atoms with Gasteiger partial charge in [0.1, 0.15) is 0 Å². The normalized spacial score (nSPS) is 11.6. The van der Waals surface area contributed by atoms with E-state index in [4.69, 9.17) is 23.2 Å². The maximum atomic E-state index is 12.2. The lowest BCUT2D eigenvalue weighted by atomic mass is 10.1. The van der Waals surface area contributed by atoms with Gasteiger partial charge in [-0.1, -0.05) is 30.1 Å². The van der Waals surface area contributed by atoms with Gasteiger partial charge in [-0.25, -0.2) is 13.1 Å². The van der Waals surface area contributed by atoms with E-state index in [1.165, 1.54) is 0 Å². The Morgan fingerprint density at radius 1 is 1.23 bits per heavy atom. The van der Waals surface area contributed by atoms with Gasteiger partial charge in [0.15, 0.2) is 9.84 Å². The molecule has 0 aliphatic carbocycles. The molecule has 0 saturated heterocycles. The molecule has 1 aromatic carbocycles. The van der Waals surface area contributed by atoms with E-state index in [0.717, 1.165) is 22.6 Å². The number of amides is 1. The van der Waals surface area contributed by atoms with Gasteiger partial charge in [0.05, 0.1) is 33.6 Å². The molecule has 1 amide bonds. The number of halogens is 2. The first-order valence-corrected chi connectivity index (χ1v) is 10.7. The Bertz CT molecular complexity index is 924. The topological polar surface area (TPSA) is 81.1 Å². The molecule has 1 N–H and O–H groups in total. The van der Waals surface area contributed by atoms with Crippen molar-refractivity contribution in [3.63, 3.8) is 0 Å². The number of benzene rings is 1. The van der Waals surface area contributed by atoms with E-state index in [1.54, 1.807) is 29.8 Å². The van der Waals surface area contributed by atoms with Crippen LogP contribution in [0.25, 0.3) is 5.69 Å². The molecule has 2 rings (SSSR count). The summed E-state index contributed by atoms with van der Waals surface area (Å²) in [5, 5.41) is 8.01. The van der Waals surface area contributed by atoms with Crippen molar-refractivity contribution < 1.29 is 13.2 Å². The number of rotatable bonds is 7. The molecule has 9 heteroatoms. The molecule has 2 aromatic rings. The summed E-state index contributed by atoms with van der Waals surface area (Å²) < 4.78 is 24.7. The van der Waals surface area contributed by atoms with Gasteiger partial charge in [-0.3, -0.25) is 4.79 Å². The number of carbonyl (C=O) groups is 1. The summed E-state index contributed by atoms with van der Waals surface area (Å²) in [5.74, 6) is -0.232. The summed E-state index contributed by atoms with van der Waals surface area (Å²) in [7, 11) is -3.10. The molecule has 1 aromatic heterocycles. The number of carbonyl (C=O) groups excluding carboxylic acids is 1. The van der Waals surface area contributed by atoms with Crippen molar-refractivity contribution >= 4 is 38.9 Å². The van der Waals surface area contributed by atoms with Crippen LogP contribution >= 0.6 is 23.2 Å². The van der Waals surface area contributed by atoms with E-state index in [0.29, 0.717) is 10.0 Å². The Labute approximate surface area is 163 Å². The molecule has 0 unspecified atom stereocenters. The van der Waals surface area contributed by atoms with Crippen LogP contribution < -0.4 is 5.32 Å². The molecular formula is C17H21Cl2N3O3S. The Balaban J connectivity index is 2.12. The van der Waals surface area contributed by atoms with Crippen molar-refractivity contribution in [1.29, 1.82) is 0 Å². The summed E-state index contributed by atoms with van der Waals surface area (Å²) in [5.41, 5.74) is 3.09. The van der Waals surface area contributed by atoms with Gasteiger partial charge in [0.2, 0.25) is 5.91 Å². The largest absolute Gasteiger partial charge is 0.355 e. The summed E-state index contributed by atoms with van der Waals surface area (Å²) >= 11 is 12.0. The van der Waals surface area contributed by atoms with Gasteiger partial charge in [0, 0.05) is 23.6 Å². The first-order chi connectivity index (χ1) is 12.1. The lowest BCUT2D eigenvalue weighted by Gasteiger charge is -2.08. The molecule has 0 radical (unpaired) electrons. The fourth-order valence-corrected chi connectivity index (χ4v) is 3.51. The molecule has 0 aliphatic heterocycles. The first-order valence-electron chi connectivity index (χ1n) is 8.12. The average Bonchev–Trinajstić information content (AvgIpc) is 2.85. The predicted molar refractivity (Wildman–Crippen MR) is 104 cm³/mol. The minimum atomic E-state index is -3.10. The van der Waals surface area contributed by atoms with Crippen molar-refractivity contribution in [3.8, 4) is 5.69 Å². The third-order valence-electron chi connectivity index (χ3n) is 4.10. The highest BCUT2D eigenvalue weighted by Gasteiger charge is 2.17. The third kappa shape index (κ3) is 4.99. The highest BCUT2D eigenvalue weighted by Crippen LogP contribution is 2.26. The molecular weight excluding hydrogens is 397 g/mol. The maximum absolute atomic E-state index is 12.2. The Morgan fingerprint density at radius 2 is 1.92 bits per heavy atom. The van der Waals surface area contributed by atoms with Crippen molar-refractivity contribution in [2.24, 2.45) is 0 Å². The van der Waals surface area contributed by atoms with E-state index < -0.39 is 9.84 Å². The van der Waals surface area contributed by atoms with E-state index >= 15 is 0 Å². The molecule has 0 aliphatic rings. The molecule has 0 spiro atoms. The lowest BCUT2D eigenvalue weighted by Crippen LogP contribution is -2.31. The summed E-state index contributed by atoms with van der Waals surface area (Å²) in [6, 6.07) is 5.20. The lowest BCUT2D eigenvalue weighted by molar-refractivity contribution is -0.120. The predicted octanol–water partition coefficient (Wildman–Crippen LogP) is 2.89. The smallest absolute Gasteiger partial charge is 0.224 e. The second-order valence-corrected chi connectivity index (χ2v) is 9.21. The van der Waals surface area contributed by atoms with E-state index in [1.807, 2.05) is 13.8 Å². The fourth-order valence-electron chi connectivity index (χ4n) is 2.51. The Kier molecular flexibility index (Phi) is 6.71. The highest BCUT2D eigenvalue weighted by molar-refractivity contribution is 7.91. The van der Waals surface area contributed by atoms with Crippen LogP contribution in [0.3, 0.4) is 0 Å². The van der Waals surface area contributed by atoms with Crippen molar-refractivity contribution in [3.05, 3.63) is 45.2 Å². The van der Waals surface area contributed by atoms with Gasteiger partial charge in [-0.05, 0) is 32.0 Å². The van der Waals surface area contributed by atoms with Crippen LogP contribution in [0.15, 0.2) is 18.2 Å². The zero-order valence-electron chi connectivity index (χ0n) is 14.8. The van der Waals surface area contributed by atoms with Crippen LogP contribution in [0.1, 0.15) is 23.9 Å². The molecule has 142 valence electrons. The second-order valence-electron chi connectivity index (χ2n) is 5.92. The molecule has 0 atom stereocenters. The zero-order valence-corrected chi connectivity index (χ0v) is 17.2. The highest BCUT2D eigenvalue weighted by atomic mass is 35.5. The van der Waals surface area contributed by atoms with Crippen molar-refractivity contribution in [2.45, 2.75) is 27.2 Å². The summed E-state index contributed by atoms with van der Waals surface area (Å²) in [6.07, 6.45) is 0.130. The Morgan fingerprint density at radius 3 is 2.54 bits per heavy atom. The third-order valence-corrected chi connectivity index (χ3v) is 6.55. The molecule has 0 fully saturated rings. The number of sulfone groups is 1. The molecule has 1 heterocycles. The minimum absolute atomic E-state index is 0.0598. The fraction of sp³-hybridized carbons (Fsp3) is 0.412. The second kappa shape index (κ2) is 8.41. The quantitative estimate of drug-likeness (QED) is 0.750. The number of hydrogen-bond acceptors (Lipinski definition) is 4. The van der Waals surface area contributed by atoms with E-state index in [-0.39, 0.29) is 30.4 Å². The molecule has 0 saturated carbocycles. The van der Waals surface area contributed by atoms with Gasteiger partial charge < -0.3 is 5.32 Å². The number of aryl methyl sites for hydroxylation is 1. The van der Waals surface area contributed by atoms with Crippen LogP contribution in [0.4, 0.5) is 0 Å². The molecule has 0 bridgehead atoms. The van der Waals surface area contributed by atoms with E-state index in [2.05, 4.69) is 10.4 Å². The molecule has 26 heavy (non-hydrogen) atoms. The maximum Gasteiger partial charge on any atom is 0.224 e. The van der Waals surface area contributed by atoms with Crippen molar-refractivity contribution in [1.82, 2.24) is 15.1 Å². The van der Waals surface area contributed by atoms with Crippen LogP contribution in [0.5, 0.6) is 0 Å². The van der Waals surface area contributed by atoms with Gasteiger partial charge >= 0.3 is 0 Å². The van der Waals surface area contributed by atoms with Crippen LogP contribution in [0.2, 0.25) is 10.0 Å². The zero-order chi connectivity index (χ0) is 19.5. The average molecular weight is 418 g/mol. The van der Waals surface area contributed by atoms with Crippen molar-refractivity contribution in [2.75, 3.05) is 18.1 Å². The van der Waals surface area contributed by atoms with Gasteiger partial charge in [-0.2, -0.15) is 5.10 Å². The first kappa shape index (κ1) is 20.7. The number of nitrogens with one attached hydrogen (secondary N) is 1. The van der Waals surface area contributed by atoms with Gasteiger partial charge in [-0.15, -0.1) is 0 Å². The van der Waals surface area contributed by atoms with E-state index in [9.17, 15) is 13.2 Å². The standard InChI is InChI=1S/C17H21Cl2N3O3S/c1-4-26(24,25)8-7-20-17(23)10-14-11(2)21-22(12(14)3)13-5-6-15(18)16(19)9-13/h5-6,9H,4,7-8,10H2,1-3H3,(H,20,23). The van der Waals surface area contributed by atoms with Crippen LogP contribution in [0, 0.1) is 13.8 Å². The van der Waals surface area contributed by atoms with Gasteiger partial charge in [0.25, 0.3) is 0 Å². The number of nitrogens with zero attached hydrogens (tertiary/aromatic N) is 2. The van der Waals surface area contributed by atoms with Crippen LogP contribution in [-0.4, -0.2) is 42.2 Å². The minimum Gasteiger partial charge on any atom is -0.355 e. The molecule has 6 nitrogen and oxygen atoms in total. The SMILES string of the molecule is CCS(=O)(=O)CCNC(=O)Cc1c(C)nn(-c2ccc(Cl)c(Cl)c2)c1C. The summed E-state index contributed by atoms with van der Waals surface area (Å²) in [6.45, 7) is 5.38. The number of aromatic nitrogens is 2.